The van der Waals surface area contributed by atoms with Gasteiger partial charge >= 0.3 is 12.1 Å². The third-order valence-electron chi connectivity index (χ3n) is 5.49. The van der Waals surface area contributed by atoms with Gasteiger partial charge in [0.05, 0.1) is 17.8 Å². The molecule has 0 bridgehead atoms. The minimum atomic E-state index is -5.08. The molecule has 1 atom stereocenters. The van der Waals surface area contributed by atoms with Crippen LogP contribution in [0.1, 0.15) is 22.6 Å². The van der Waals surface area contributed by atoms with Gasteiger partial charge in [-0.1, -0.05) is 18.2 Å². The number of pyridine rings is 1. The van der Waals surface area contributed by atoms with E-state index in [-0.39, 0.29) is 24.9 Å². The van der Waals surface area contributed by atoms with Crippen molar-refractivity contribution in [2.24, 2.45) is 0 Å². The number of aliphatic carboxylic acids is 1. The first-order valence-corrected chi connectivity index (χ1v) is 11.7. The van der Waals surface area contributed by atoms with E-state index in [1.165, 1.54) is 16.2 Å². The quantitative estimate of drug-likeness (QED) is 0.373. The maximum Gasteiger partial charge on any atom is 0.490 e. The molecule has 14 heteroatoms. The van der Waals surface area contributed by atoms with Crippen LogP contribution in [0.15, 0.2) is 48.0 Å². The van der Waals surface area contributed by atoms with E-state index in [0.29, 0.717) is 16.2 Å². The highest BCUT2D eigenvalue weighted by atomic mass is 32.1. The fraction of sp³-hybridized carbons (Fsp3) is 0.304. The predicted molar refractivity (Wildman–Crippen MR) is 123 cm³/mol. The lowest BCUT2D eigenvalue weighted by Crippen LogP contribution is -2.55. The number of imidazole rings is 1. The molecule has 1 aliphatic rings. The normalized spacial score (nSPS) is 17.4. The zero-order valence-electron chi connectivity index (χ0n) is 19.1. The Balaban J connectivity index is 0.000000405. The van der Waals surface area contributed by atoms with E-state index in [0.717, 1.165) is 11.1 Å². The Labute approximate surface area is 209 Å². The molecule has 3 aromatic heterocycles. The number of para-hydroxylation sites is 1. The van der Waals surface area contributed by atoms with Crippen molar-refractivity contribution in [1.29, 1.82) is 0 Å². The zero-order valence-corrected chi connectivity index (χ0v) is 19.9. The van der Waals surface area contributed by atoms with Crippen molar-refractivity contribution in [3.63, 3.8) is 0 Å². The summed E-state index contributed by atoms with van der Waals surface area (Å²) in [5.74, 6) is -6.00. The summed E-state index contributed by atoms with van der Waals surface area (Å²) in [7, 11) is 0. The third-order valence-corrected chi connectivity index (χ3v) is 6.33. The Morgan fingerprint density at radius 1 is 1.16 bits per heavy atom. The van der Waals surface area contributed by atoms with Gasteiger partial charge in [0, 0.05) is 36.0 Å². The summed E-state index contributed by atoms with van der Waals surface area (Å²) in [4.78, 5) is 32.7. The average Bonchev–Trinajstić information content (AvgIpc) is 3.38. The highest BCUT2D eigenvalue weighted by Crippen LogP contribution is 2.33. The molecule has 1 saturated heterocycles. The number of aryl methyl sites for hydroxylation is 1. The minimum absolute atomic E-state index is 0.0398. The van der Waals surface area contributed by atoms with Gasteiger partial charge in [-0.25, -0.2) is 23.5 Å². The molecular weight excluding hydrogens is 523 g/mol. The van der Waals surface area contributed by atoms with Gasteiger partial charge in [-0.2, -0.15) is 13.2 Å². The Kier molecular flexibility index (Phi) is 7.04. The monoisotopic (exact) mass is 542 g/mol. The number of hydrogen-bond donors (Lipinski definition) is 1. The van der Waals surface area contributed by atoms with Crippen LogP contribution in [0, 0.1) is 6.92 Å². The summed E-state index contributed by atoms with van der Waals surface area (Å²) >= 11 is 1.35. The molecular formula is C23H19F5N4O4S. The maximum atomic E-state index is 14.6. The van der Waals surface area contributed by atoms with Crippen LogP contribution >= 0.6 is 11.3 Å². The first-order chi connectivity index (χ1) is 17.3. The van der Waals surface area contributed by atoms with Crippen molar-refractivity contribution in [2.75, 3.05) is 13.1 Å². The predicted octanol–water partition coefficient (Wildman–Crippen LogP) is 4.81. The van der Waals surface area contributed by atoms with E-state index in [2.05, 4.69) is 9.97 Å². The summed E-state index contributed by atoms with van der Waals surface area (Å²) in [6.07, 6.45) is -5.25. The second-order valence-corrected chi connectivity index (χ2v) is 9.01. The number of hydrogen-bond acceptors (Lipinski definition) is 6. The number of fused-ring (bicyclic) bond motifs is 2. The van der Waals surface area contributed by atoms with Crippen LogP contribution in [0.2, 0.25) is 0 Å². The number of aromatic nitrogens is 3. The number of carboxylic acids is 1. The number of nitrogens with zero attached hydrogens (tertiary/aromatic N) is 4. The number of likely N-dealkylation sites (tertiary alicyclic amines) is 1. The largest absolute Gasteiger partial charge is 0.490 e. The van der Waals surface area contributed by atoms with Crippen LogP contribution in [-0.4, -0.2) is 67.5 Å². The number of carboxylic acid groups (broad SMARTS) is 1. The van der Waals surface area contributed by atoms with Gasteiger partial charge in [0.15, 0.2) is 11.1 Å². The lowest BCUT2D eigenvalue weighted by atomic mass is 10.0. The van der Waals surface area contributed by atoms with Crippen molar-refractivity contribution in [1.82, 2.24) is 19.3 Å². The van der Waals surface area contributed by atoms with E-state index in [1.54, 1.807) is 34.2 Å². The molecule has 1 fully saturated rings. The van der Waals surface area contributed by atoms with Crippen LogP contribution in [0.25, 0.3) is 15.9 Å². The number of rotatable bonds is 3. The van der Waals surface area contributed by atoms with Crippen molar-refractivity contribution >= 4 is 39.1 Å². The molecule has 1 N–H and O–H groups in total. The first kappa shape index (κ1) is 26.3. The third kappa shape index (κ3) is 5.79. The van der Waals surface area contributed by atoms with E-state index in [9.17, 15) is 26.7 Å². The molecule has 1 amide bonds. The molecule has 4 aromatic rings. The molecule has 0 radical (unpaired) electrons. The lowest BCUT2D eigenvalue weighted by molar-refractivity contribution is -0.192. The first-order valence-electron chi connectivity index (χ1n) is 10.8. The molecule has 37 heavy (non-hydrogen) atoms. The maximum absolute atomic E-state index is 14.6. The van der Waals surface area contributed by atoms with E-state index < -0.39 is 30.6 Å². The van der Waals surface area contributed by atoms with Crippen molar-refractivity contribution in [3.05, 3.63) is 59.4 Å². The number of piperidine rings is 1. The Morgan fingerprint density at radius 2 is 1.86 bits per heavy atom. The van der Waals surface area contributed by atoms with Gasteiger partial charge in [0.1, 0.15) is 5.69 Å². The Bertz CT molecular complexity index is 1450. The van der Waals surface area contributed by atoms with E-state index >= 15 is 0 Å². The van der Waals surface area contributed by atoms with Gasteiger partial charge in [-0.15, -0.1) is 11.3 Å². The minimum Gasteiger partial charge on any atom is -0.475 e. The summed E-state index contributed by atoms with van der Waals surface area (Å²) in [5.41, 5.74) is 1.88. The zero-order chi connectivity index (χ0) is 27.0. The van der Waals surface area contributed by atoms with Crippen LogP contribution in [0.3, 0.4) is 0 Å². The molecule has 0 saturated carbocycles. The van der Waals surface area contributed by atoms with Gasteiger partial charge in [0.2, 0.25) is 5.88 Å². The number of amides is 1. The summed E-state index contributed by atoms with van der Waals surface area (Å²) in [6.45, 7) is 1.59. The molecule has 0 spiro atoms. The second kappa shape index (κ2) is 9.92. The van der Waals surface area contributed by atoms with Crippen molar-refractivity contribution in [3.8, 4) is 5.88 Å². The number of ether oxygens (including phenoxy) is 1. The molecule has 1 aromatic carbocycles. The lowest BCUT2D eigenvalue weighted by Gasteiger charge is -2.37. The standard InChI is InChI=1S/C21H18F2N4O2S.C2HF3O2/c1-13-10-27-16(12-30-20(27)24-13)19(28)26-9-8-21(22,23)17(11-26)29-18-7-6-14-4-2-3-5-15(14)25-18;3-2(4,5)1(6)7/h2-7,10,12,17H,8-9,11H2,1H3;(H,6,7). The SMILES string of the molecule is Cc1cn2c(C(=O)N3CCC(F)(F)C(Oc4ccc5ccccc5n4)C3)csc2n1.O=C(O)C(F)(F)F. The number of carbonyl (C=O) groups excluding carboxylic acids is 1. The van der Waals surface area contributed by atoms with Crippen LogP contribution in [-0.2, 0) is 4.79 Å². The number of benzene rings is 1. The molecule has 4 heterocycles. The summed E-state index contributed by atoms with van der Waals surface area (Å²) in [5, 5.41) is 9.73. The Morgan fingerprint density at radius 3 is 2.57 bits per heavy atom. The van der Waals surface area contributed by atoms with Crippen LogP contribution in [0.4, 0.5) is 22.0 Å². The van der Waals surface area contributed by atoms with Gasteiger partial charge in [-0.3, -0.25) is 9.20 Å². The Hall–Kier alpha value is -3.81. The van der Waals surface area contributed by atoms with Crippen LogP contribution < -0.4 is 4.74 Å². The number of alkyl halides is 5. The van der Waals surface area contributed by atoms with Crippen molar-refractivity contribution in [2.45, 2.75) is 31.5 Å². The summed E-state index contributed by atoms with van der Waals surface area (Å²) < 4.78 is 68.2. The molecule has 1 aliphatic heterocycles. The number of thiazole rings is 1. The van der Waals surface area contributed by atoms with E-state index in [4.69, 9.17) is 14.6 Å². The van der Waals surface area contributed by atoms with Gasteiger partial charge < -0.3 is 14.7 Å². The highest BCUT2D eigenvalue weighted by Gasteiger charge is 2.47. The van der Waals surface area contributed by atoms with Gasteiger partial charge in [-0.05, 0) is 19.1 Å². The molecule has 0 aliphatic carbocycles. The fourth-order valence-electron chi connectivity index (χ4n) is 3.65. The molecule has 5 rings (SSSR count). The molecule has 8 nitrogen and oxygen atoms in total. The van der Waals surface area contributed by atoms with Crippen LogP contribution in [0.5, 0.6) is 5.88 Å². The highest BCUT2D eigenvalue weighted by molar-refractivity contribution is 7.15. The fourth-order valence-corrected chi connectivity index (χ4v) is 4.54. The van der Waals surface area contributed by atoms with Crippen molar-refractivity contribution < 1.29 is 41.4 Å². The average molecular weight is 542 g/mol. The summed E-state index contributed by atoms with van der Waals surface area (Å²) in [6, 6.07) is 10.8. The topological polar surface area (TPSA) is 97.0 Å². The molecule has 1 unspecified atom stereocenters. The number of halogens is 5. The molecule has 196 valence electrons. The number of carbonyl (C=O) groups is 2. The second-order valence-electron chi connectivity index (χ2n) is 8.17. The van der Waals surface area contributed by atoms with Gasteiger partial charge in [0.25, 0.3) is 11.8 Å². The smallest absolute Gasteiger partial charge is 0.475 e. The van der Waals surface area contributed by atoms with E-state index in [1.807, 2.05) is 25.1 Å².